The summed E-state index contributed by atoms with van der Waals surface area (Å²) < 4.78 is 2.37. The molecule has 0 bridgehead atoms. The maximum absolute atomic E-state index is 5.99. The molecular formula is C14H14N6S2. The van der Waals surface area contributed by atoms with Crippen LogP contribution in [-0.2, 0) is 6.54 Å². The van der Waals surface area contributed by atoms with Gasteiger partial charge in [-0.05, 0) is 25.1 Å². The average Bonchev–Trinajstić information content (AvgIpc) is 3.11. The van der Waals surface area contributed by atoms with Crippen LogP contribution in [0.1, 0.15) is 19.3 Å². The molecule has 0 aromatic carbocycles. The number of rotatable bonds is 5. The number of nitrogens with two attached hydrogens (primary N) is 1. The van der Waals surface area contributed by atoms with Crippen LogP contribution >= 0.6 is 23.6 Å². The molecule has 0 amide bonds. The van der Waals surface area contributed by atoms with E-state index in [4.69, 9.17) is 24.4 Å². The molecule has 0 saturated carbocycles. The average molecular weight is 330 g/mol. The highest BCUT2D eigenvalue weighted by Crippen LogP contribution is 2.27. The van der Waals surface area contributed by atoms with Crippen LogP contribution in [0.2, 0.25) is 0 Å². The smallest absolute Gasteiger partial charge is 0.200 e. The molecule has 0 aliphatic heterocycles. The monoisotopic (exact) mass is 330 g/mol. The zero-order valence-corrected chi connectivity index (χ0v) is 13.4. The van der Waals surface area contributed by atoms with E-state index in [0.717, 1.165) is 36.6 Å². The van der Waals surface area contributed by atoms with Gasteiger partial charge in [0.15, 0.2) is 21.3 Å². The third-order valence-corrected chi connectivity index (χ3v) is 4.18. The van der Waals surface area contributed by atoms with Gasteiger partial charge in [0.25, 0.3) is 0 Å². The summed E-state index contributed by atoms with van der Waals surface area (Å²) in [4.78, 5) is 16.2. The van der Waals surface area contributed by atoms with Gasteiger partial charge in [-0.2, -0.15) is 4.98 Å². The summed E-state index contributed by atoms with van der Waals surface area (Å²) in [6, 6.07) is 0. The maximum Gasteiger partial charge on any atom is 0.200 e. The Morgan fingerprint density at radius 2 is 2.27 bits per heavy atom. The maximum atomic E-state index is 5.99. The first-order chi connectivity index (χ1) is 10.7. The van der Waals surface area contributed by atoms with E-state index in [1.165, 1.54) is 11.3 Å². The van der Waals surface area contributed by atoms with Crippen LogP contribution in [0.5, 0.6) is 0 Å². The standard InChI is InChI=1S/C14H14N6S2/c1-2-3-4-5-7-20-11-9(10(15)18-14(21)19-11)17-12(20)13-16-6-8-22-13/h1,6,8H,3-5,7H2,(H3,15,18,19,21). The summed E-state index contributed by atoms with van der Waals surface area (Å²) in [5.74, 6) is 3.84. The van der Waals surface area contributed by atoms with Crippen molar-refractivity contribution in [2.24, 2.45) is 0 Å². The number of H-pyrrole nitrogens is 1. The molecule has 6 nitrogen and oxygen atoms in total. The first-order valence-electron chi connectivity index (χ1n) is 6.80. The van der Waals surface area contributed by atoms with Crippen molar-refractivity contribution < 1.29 is 0 Å². The van der Waals surface area contributed by atoms with Gasteiger partial charge < -0.3 is 15.3 Å². The lowest BCUT2D eigenvalue weighted by molar-refractivity contribution is 0.630. The van der Waals surface area contributed by atoms with Gasteiger partial charge in [0.2, 0.25) is 0 Å². The first-order valence-corrected chi connectivity index (χ1v) is 8.09. The Balaban J connectivity index is 2.10. The minimum Gasteiger partial charge on any atom is -0.383 e. The Kier molecular flexibility index (Phi) is 4.18. The molecule has 3 N–H and O–H groups in total. The molecule has 0 fully saturated rings. The van der Waals surface area contributed by atoms with Crippen molar-refractivity contribution in [1.29, 1.82) is 0 Å². The normalized spacial score (nSPS) is 10.9. The fraction of sp³-hybridized carbons (Fsp3) is 0.286. The number of aromatic nitrogens is 5. The lowest BCUT2D eigenvalue weighted by atomic mass is 10.2. The summed E-state index contributed by atoms with van der Waals surface area (Å²) >= 11 is 6.65. The lowest BCUT2D eigenvalue weighted by Gasteiger charge is -2.06. The minimum atomic E-state index is 0.348. The van der Waals surface area contributed by atoms with Gasteiger partial charge in [-0.15, -0.1) is 23.7 Å². The molecular weight excluding hydrogens is 316 g/mol. The molecule has 0 unspecified atom stereocenters. The summed E-state index contributed by atoms with van der Waals surface area (Å²) in [5, 5.41) is 2.75. The van der Waals surface area contributed by atoms with Crippen molar-refractivity contribution in [3.63, 3.8) is 0 Å². The molecule has 112 valence electrons. The van der Waals surface area contributed by atoms with Gasteiger partial charge in [0, 0.05) is 24.5 Å². The van der Waals surface area contributed by atoms with Crippen LogP contribution in [0.25, 0.3) is 22.0 Å². The van der Waals surface area contributed by atoms with Crippen molar-refractivity contribution in [1.82, 2.24) is 24.5 Å². The number of terminal acetylenes is 1. The van der Waals surface area contributed by atoms with Crippen molar-refractivity contribution in [2.75, 3.05) is 5.73 Å². The number of anilines is 1. The van der Waals surface area contributed by atoms with Crippen LogP contribution in [-0.4, -0.2) is 24.5 Å². The minimum absolute atomic E-state index is 0.348. The van der Waals surface area contributed by atoms with Crippen molar-refractivity contribution in [3.05, 3.63) is 16.3 Å². The van der Waals surface area contributed by atoms with E-state index >= 15 is 0 Å². The van der Waals surface area contributed by atoms with E-state index in [-0.39, 0.29) is 0 Å². The molecule has 0 aliphatic carbocycles. The number of aromatic amines is 1. The number of nitrogens with zero attached hydrogens (tertiary/aromatic N) is 4. The molecule has 3 aromatic rings. The van der Waals surface area contributed by atoms with Gasteiger partial charge in [-0.3, -0.25) is 0 Å². The second-order valence-electron chi connectivity index (χ2n) is 4.71. The first kappa shape index (κ1) is 14.7. The van der Waals surface area contributed by atoms with Crippen molar-refractivity contribution >= 4 is 40.5 Å². The highest BCUT2D eigenvalue weighted by Gasteiger charge is 2.17. The Hall–Kier alpha value is -2.24. The van der Waals surface area contributed by atoms with Crippen LogP contribution in [0, 0.1) is 17.1 Å². The number of fused-ring (bicyclic) bond motifs is 1. The fourth-order valence-corrected chi connectivity index (χ4v) is 3.07. The molecule has 0 atom stereocenters. The number of hydrogen-bond donors (Lipinski definition) is 2. The van der Waals surface area contributed by atoms with E-state index in [9.17, 15) is 0 Å². The third-order valence-electron chi connectivity index (χ3n) is 3.22. The Labute approximate surface area is 136 Å². The van der Waals surface area contributed by atoms with Gasteiger partial charge in [0.05, 0.1) is 0 Å². The van der Waals surface area contributed by atoms with Gasteiger partial charge in [-0.25, -0.2) is 9.97 Å². The van der Waals surface area contributed by atoms with Gasteiger partial charge >= 0.3 is 0 Å². The van der Waals surface area contributed by atoms with E-state index in [2.05, 4.69) is 25.9 Å². The largest absolute Gasteiger partial charge is 0.383 e. The fourth-order valence-electron chi connectivity index (χ4n) is 2.24. The zero-order valence-electron chi connectivity index (χ0n) is 11.7. The highest BCUT2D eigenvalue weighted by molar-refractivity contribution is 7.71. The number of hydrogen-bond acceptors (Lipinski definition) is 6. The molecule has 22 heavy (non-hydrogen) atoms. The van der Waals surface area contributed by atoms with E-state index in [0.29, 0.717) is 21.8 Å². The topological polar surface area (TPSA) is 85.4 Å². The predicted octanol–water partition coefficient (Wildman–Crippen LogP) is 3.00. The van der Waals surface area contributed by atoms with E-state index in [1.807, 2.05) is 9.95 Å². The highest BCUT2D eigenvalue weighted by atomic mass is 32.1. The Morgan fingerprint density at radius 1 is 1.41 bits per heavy atom. The number of thiazole rings is 1. The number of aryl methyl sites for hydroxylation is 1. The second-order valence-corrected chi connectivity index (χ2v) is 5.99. The quantitative estimate of drug-likeness (QED) is 0.427. The van der Waals surface area contributed by atoms with Crippen LogP contribution in [0.4, 0.5) is 5.82 Å². The molecule has 3 rings (SSSR count). The molecule has 0 aliphatic rings. The Bertz CT molecular complexity index is 885. The number of nitrogens with one attached hydrogen (secondary N) is 1. The Morgan fingerprint density at radius 3 is 3.00 bits per heavy atom. The zero-order chi connectivity index (χ0) is 15.5. The van der Waals surface area contributed by atoms with Crippen LogP contribution in [0.3, 0.4) is 0 Å². The summed E-state index contributed by atoms with van der Waals surface area (Å²) in [6.07, 6.45) is 9.69. The predicted molar refractivity (Wildman–Crippen MR) is 90.9 cm³/mol. The second kappa shape index (κ2) is 6.25. The number of imidazole rings is 1. The lowest BCUT2D eigenvalue weighted by Crippen LogP contribution is -2.03. The van der Waals surface area contributed by atoms with E-state index in [1.54, 1.807) is 6.20 Å². The molecule has 0 saturated heterocycles. The summed E-state index contributed by atoms with van der Waals surface area (Å²) in [5.41, 5.74) is 7.30. The SMILES string of the molecule is C#CCCCCn1c(-c2nccs2)nc2c(N)[nH]c(=S)nc21. The third kappa shape index (κ3) is 2.73. The van der Waals surface area contributed by atoms with Crippen molar-refractivity contribution in [3.8, 4) is 23.2 Å². The van der Waals surface area contributed by atoms with Crippen LogP contribution in [0.15, 0.2) is 11.6 Å². The summed E-state index contributed by atoms with van der Waals surface area (Å²) in [7, 11) is 0. The number of unbranched alkanes of at least 4 members (excludes halogenated alkanes) is 2. The molecule has 0 radical (unpaired) electrons. The van der Waals surface area contributed by atoms with Crippen molar-refractivity contribution in [2.45, 2.75) is 25.8 Å². The molecule has 8 heteroatoms. The molecule has 0 spiro atoms. The molecule has 3 aromatic heterocycles. The van der Waals surface area contributed by atoms with Gasteiger partial charge in [-0.1, -0.05) is 0 Å². The molecule has 3 heterocycles. The van der Waals surface area contributed by atoms with Gasteiger partial charge in [0.1, 0.15) is 11.3 Å². The number of nitrogen functional groups attached to an aromatic ring is 1. The van der Waals surface area contributed by atoms with E-state index < -0.39 is 0 Å². The summed E-state index contributed by atoms with van der Waals surface area (Å²) in [6.45, 7) is 0.748. The van der Waals surface area contributed by atoms with Crippen LogP contribution < -0.4 is 5.73 Å².